The van der Waals surface area contributed by atoms with Crippen LogP contribution in [0, 0.1) is 5.92 Å². The summed E-state index contributed by atoms with van der Waals surface area (Å²) in [6.07, 6.45) is 7.62. The van der Waals surface area contributed by atoms with E-state index in [1.807, 2.05) is 17.5 Å². The summed E-state index contributed by atoms with van der Waals surface area (Å²) < 4.78 is 1.90. The molecule has 24 heavy (non-hydrogen) atoms. The fourth-order valence-electron chi connectivity index (χ4n) is 2.92. The lowest BCUT2D eigenvalue weighted by Crippen LogP contribution is -2.43. The minimum Gasteiger partial charge on any atom is -0.370 e. The van der Waals surface area contributed by atoms with Crippen LogP contribution in [0.2, 0.25) is 0 Å². The SMILES string of the molecule is C=C(C)CN=C(N)NCC1CCCN(c2nccn3cnnc23)C1. The van der Waals surface area contributed by atoms with Gasteiger partial charge in [-0.3, -0.25) is 4.40 Å². The molecule has 0 bridgehead atoms. The number of rotatable bonds is 5. The zero-order valence-corrected chi connectivity index (χ0v) is 14.0. The van der Waals surface area contributed by atoms with Crippen LogP contribution in [-0.2, 0) is 0 Å². The minimum absolute atomic E-state index is 0.479. The fourth-order valence-corrected chi connectivity index (χ4v) is 2.92. The van der Waals surface area contributed by atoms with E-state index in [0.717, 1.165) is 49.5 Å². The number of fused-ring (bicyclic) bond motifs is 1. The zero-order valence-electron chi connectivity index (χ0n) is 14.0. The van der Waals surface area contributed by atoms with Gasteiger partial charge in [-0.25, -0.2) is 9.98 Å². The molecule has 8 heteroatoms. The molecule has 2 aromatic rings. The highest BCUT2D eigenvalue weighted by Gasteiger charge is 2.23. The highest BCUT2D eigenvalue weighted by Crippen LogP contribution is 2.23. The van der Waals surface area contributed by atoms with Crippen molar-refractivity contribution in [2.75, 3.05) is 31.1 Å². The van der Waals surface area contributed by atoms with Crippen molar-refractivity contribution in [3.63, 3.8) is 0 Å². The minimum atomic E-state index is 0.479. The molecular formula is C16H24N8. The van der Waals surface area contributed by atoms with Crippen molar-refractivity contribution in [2.24, 2.45) is 16.6 Å². The van der Waals surface area contributed by atoms with Crippen LogP contribution in [0.25, 0.3) is 5.65 Å². The van der Waals surface area contributed by atoms with Gasteiger partial charge in [-0.05, 0) is 25.7 Å². The second-order valence-corrected chi connectivity index (χ2v) is 6.31. The van der Waals surface area contributed by atoms with E-state index >= 15 is 0 Å². The second kappa shape index (κ2) is 7.29. The topological polar surface area (TPSA) is 96.7 Å². The molecule has 3 N–H and O–H groups in total. The molecule has 3 rings (SSSR count). The lowest BCUT2D eigenvalue weighted by molar-refractivity contribution is 0.409. The maximum absolute atomic E-state index is 5.90. The number of hydrogen-bond donors (Lipinski definition) is 2. The first-order valence-corrected chi connectivity index (χ1v) is 8.21. The number of anilines is 1. The summed E-state index contributed by atoms with van der Waals surface area (Å²) in [7, 11) is 0. The van der Waals surface area contributed by atoms with E-state index < -0.39 is 0 Å². The molecule has 1 aliphatic heterocycles. The van der Waals surface area contributed by atoms with Crippen LogP contribution in [0.3, 0.4) is 0 Å². The number of nitrogens with zero attached hydrogens (tertiary/aromatic N) is 6. The highest BCUT2D eigenvalue weighted by atomic mass is 15.3. The van der Waals surface area contributed by atoms with Gasteiger partial charge in [-0.2, -0.15) is 0 Å². The van der Waals surface area contributed by atoms with E-state index in [9.17, 15) is 0 Å². The van der Waals surface area contributed by atoms with Crippen LogP contribution in [0.5, 0.6) is 0 Å². The Kier molecular flexibility index (Phi) is 4.93. The summed E-state index contributed by atoms with van der Waals surface area (Å²) in [4.78, 5) is 11.0. The molecule has 0 aliphatic carbocycles. The summed E-state index contributed by atoms with van der Waals surface area (Å²) in [5.41, 5.74) is 7.69. The van der Waals surface area contributed by atoms with Crippen LogP contribution in [-0.4, -0.2) is 51.7 Å². The number of nitrogens with one attached hydrogen (secondary N) is 1. The molecule has 0 amide bonds. The molecule has 1 atom stereocenters. The maximum atomic E-state index is 5.90. The van der Waals surface area contributed by atoms with Crippen LogP contribution >= 0.6 is 0 Å². The van der Waals surface area contributed by atoms with Crippen molar-refractivity contribution < 1.29 is 0 Å². The molecule has 0 radical (unpaired) electrons. The lowest BCUT2D eigenvalue weighted by atomic mass is 9.98. The molecular weight excluding hydrogens is 304 g/mol. The molecule has 0 aromatic carbocycles. The Labute approximate surface area is 141 Å². The molecule has 0 saturated carbocycles. The first-order chi connectivity index (χ1) is 11.6. The Morgan fingerprint density at radius 1 is 1.54 bits per heavy atom. The van der Waals surface area contributed by atoms with E-state index in [1.54, 1.807) is 12.5 Å². The van der Waals surface area contributed by atoms with Crippen molar-refractivity contribution >= 4 is 17.4 Å². The predicted molar refractivity (Wildman–Crippen MR) is 95.0 cm³/mol. The number of aromatic nitrogens is 4. The summed E-state index contributed by atoms with van der Waals surface area (Å²) in [6.45, 7) is 9.03. The van der Waals surface area contributed by atoms with Gasteiger partial charge in [-0.15, -0.1) is 10.2 Å². The van der Waals surface area contributed by atoms with Crippen molar-refractivity contribution in [3.8, 4) is 0 Å². The Bertz CT molecular complexity index is 735. The summed E-state index contributed by atoms with van der Waals surface area (Å²) in [5.74, 6) is 1.86. The number of guanidine groups is 1. The normalized spacial score (nSPS) is 18.8. The third-order valence-electron chi connectivity index (χ3n) is 4.11. The van der Waals surface area contributed by atoms with Crippen LogP contribution in [0.4, 0.5) is 5.82 Å². The van der Waals surface area contributed by atoms with Crippen molar-refractivity contribution in [3.05, 3.63) is 30.9 Å². The Hall–Kier alpha value is -2.64. The van der Waals surface area contributed by atoms with Crippen molar-refractivity contribution in [2.45, 2.75) is 19.8 Å². The largest absolute Gasteiger partial charge is 0.370 e. The summed E-state index contributed by atoms with van der Waals surface area (Å²) in [5, 5.41) is 11.4. The third-order valence-corrected chi connectivity index (χ3v) is 4.11. The molecule has 1 saturated heterocycles. The van der Waals surface area contributed by atoms with E-state index in [0.29, 0.717) is 18.4 Å². The first kappa shape index (κ1) is 16.2. The van der Waals surface area contributed by atoms with E-state index in [4.69, 9.17) is 5.73 Å². The third kappa shape index (κ3) is 3.81. The molecule has 3 heterocycles. The molecule has 0 spiro atoms. The summed E-state index contributed by atoms with van der Waals surface area (Å²) in [6, 6.07) is 0. The molecule has 2 aromatic heterocycles. The highest BCUT2D eigenvalue weighted by molar-refractivity contribution is 5.77. The van der Waals surface area contributed by atoms with Gasteiger partial charge in [-0.1, -0.05) is 12.2 Å². The lowest BCUT2D eigenvalue weighted by Gasteiger charge is -2.33. The quantitative estimate of drug-likeness (QED) is 0.479. The standard InChI is InChI=1S/C16H24N8/c1-12(2)8-19-16(17)20-9-13-4-3-6-23(10-13)14-15-22-21-11-24(15)7-5-18-14/h5,7,11,13H,1,3-4,6,8-10H2,2H3,(H3,17,19,20). The Balaban J connectivity index is 1.61. The number of piperidine rings is 1. The van der Waals surface area contributed by atoms with Gasteiger partial charge in [0.15, 0.2) is 11.8 Å². The zero-order chi connectivity index (χ0) is 16.9. The number of hydrogen-bond acceptors (Lipinski definition) is 5. The van der Waals surface area contributed by atoms with E-state index in [-0.39, 0.29) is 0 Å². The predicted octanol–water partition coefficient (Wildman–Crippen LogP) is 0.821. The van der Waals surface area contributed by atoms with Gasteiger partial charge in [0, 0.05) is 32.0 Å². The fraction of sp³-hybridized carbons (Fsp3) is 0.500. The number of aliphatic imine (C=N–C) groups is 1. The van der Waals surface area contributed by atoms with Gasteiger partial charge in [0.25, 0.3) is 0 Å². The van der Waals surface area contributed by atoms with Crippen LogP contribution in [0.15, 0.2) is 35.9 Å². The molecule has 1 unspecified atom stereocenters. The Morgan fingerprint density at radius 3 is 3.25 bits per heavy atom. The first-order valence-electron chi connectivity index (χ1n) is 8.21. The second-order valence-electron chi connectivity index (χ2n) is 6.31. The van der Waals surface area contributed by atoms with Crippen LogP contribution < -0.4 is 16.0 Å². The average molecular weight is 328 g/mol. The molecule has 1 aliphatic rings. The smallest absolute Gasteiger partial charge is 0.203 e. The van der Waals surface area contributed by atoms with Gasteiger partial charge < -0.3 is 16.0 Å². The number of nitrogens with two attached hydrogens (primary N) is 1. The average Bonchev–Trinajstić information content (AvgIpc) is 3.07. The van der Waals surface area contributed by atoms with Crippen LogP contribution in [0.1, 0.15) is 19.8 Å². The maximum Gasteiger partial charge on any atom is 0.203 e. The van der Waals surface area contributed by atoms with Crippen molar-refractivity contribution in [1.82, 2.24) is 24.9 Å². The Morgan fingerprint density at radius 2 is 2.42 bits per heavy atom. The van der Waals surface area contributed by atoms with Gasteiger partial charge >= 0.3 is 0 Å². The molecule has 8 nitrogen and oxygen atoms in total. The molecule has 1 fully saturated rings. The van der Waals surface area contributed by atoms with Gasteiger partial charge in [0.2, 0.25) is 5.65 Å². The van der Waals surface area contributed by atoms with Gasteiger partial charge in [0.05, 0.1) is 6.54 Å². The monoisotopic (exact) mass is 328 g/mol. The molecule has 128 valence electrons. The van der Waals surface area contributed by atoms with Gasteiger partial charge in [0.1, 0.15) is 6.33 Å². The summed E-state index contributed by atoms with van der Waals surface area (Å²) >= 11 is 0. The van der Waals surface area contributed by atoms with Crippen molar-refractivity contribution in [1.29, 1.82) is 0 Å². The van der Waals surface area contributed by atoms with E-state index in [2.05, 4.69) is 37.0 Å². The van der Waals surface area contributed by atoms with E-state index in [1.165, 1.54) is 0 Å².